The van der Waals surface area contributed by atoms with Gasteiger partial charge in [-0.2, -0.15) is 5.10 Å². The maximum atomic E-state index is 6.09. The van der Waals surface area contributed by atoms with E-state index in [9.17, 15) is 0 Å². The van der Waals surface area contributed by atoms with E-state index in [2.05, 4.69) is 46.8 Å². The van der Waals surface area contributed by atoms with Crippen LogP contribution in [0.2, 0.25) is 5.02 Å². The molecule has 0 unspecified atom stereocenters. The Balaban J connectivity index is 1.72. The largest absolute Gasteiger partial charge is 0.356 e. The van der Waals surface area contributed by atoms with E-state index >= 15 is 0 Å². The Morgan fingerprint density at radius 2 is 2.08 bits per heavy atom. The van der Waals surface area contributed by atoms with Crippen molar-refractivity contribution in [3.8, 4) is 0 Å². The predicted molar refractivity (Wildman–Crippen MR) is 110 cm³/mol. The van der Waals surface area contributed by atoms with Crippen LogP contribution in [-0.4, -0.2) is 35.9 Å². The van der Waals surface area contributed by atoms with Gasteiger partial charge in [0.25, 0.3) is 0 Å². The van der Waals surface area contributed by atoms with Crippen LogP contribution in [0.25, 0.3) is 0 Å². The highest BCUT2D eigenvalue weighted by Gasteiger charge is 2.19. The van der Waals surface area contributed by atoms with Crippen LogP contribution in [0.3, 0.4) is 0 Å². The number of aromatic nitrogens is 2. The summed E-state index contributed by atoms with van der Waals surface area (Å²) in [5.74, 6) is 0.843. The van der Waals surface area contributed by atoms with E-state index in [1.54, 1.807) is 7.05 Å². The first-order valence-electron chi connectivity index (χ1n) is 9.04. The Labute approximate surface area is 161 Å². The summed E-state index contributed by atoms with van der Waals surface area (Å²) in [4.78, 5) is 4.32. The van der Waals surface area contributed by atoms with E-state index in [0.29, 0.717) is 0 Å². The molecule has 142 valence electrons. The van der Waals surface area contributed by atoms with Crippen LogP contribution in [0.5, 0.6) is 0 Å². The van der Waals surface area contributed by atoms with E-state index in [1.165, 1.54) is 11.1 Å². The van der Waals surface area contributed by atoms with Gasteiger partial charge in [-0.1, -0.05) is 37.6 Å². The van der Waals surface area contributed by atoms with Gasteiger partial charge < -0.3 is 10.6 Å². The Morgan fingerprint density at radius 3 is 2.73 bits per heavy atom. The molecule has 0 atom stereocenters. The molecule has 0 aliphatic heterocycles. The number of nitrogens with zero attached hydrogens (tertiary/aromatic N) is 3. The van der Waals surface area contributed by atoms with Gasteiger partial charge in [0.15, 0.2) is 5.96 Å². The van der Waals surface area contributed by atoms with Gasteiger partial charge in [0.2, 0.25) is 0 Å². The monoisotopic (exact) mass is 375 g/mol. The van der Waals surface area contributed by atoms with Gasteiger partial charge in [-0.25, -0.2) is 0 Å². The smallest absolute Gasteiger partial charge is 0.190 e. The van der Waals surface area contributed by atoms with E-state index in [4.69, 9.17) is 11.6 Å². The summed E-state index contributed by atoms with van der Waals surface area (Å²) in [6, 6.07) is 8.07. The second kappa shape index (κ2) is 9.62. The molecule has 1 aromatic heterocycles. The molecule has 0 fully saturated rings. The first-order valence-corrected chi connectivity index (χ1v) is 9.42. The molecular weight excluding hydrogens is 346 g/mol. The first kappa shape index (κ1) is 20.3. The molecule has 2 N–H and O–H groups in total. The molecule has 0 aliphatic carbocycles. The van der Waals surface area contributed by atoms with E-state index in [0.717, 1.165) is 43.3 Å². The lowest BCUT2D eigenvalue weighted by atomic mass is 9.86. The summed E-state index contributed by atoms with van der Waals surface area (Å²) in [6.45, 7) is 6.21. The minimum Gasteiger partial charge on any atom is -0.356 e. The summed E-state index contributed by atoms with van der Waals surface area (Å²) in [7, 11) is 3.75. The zero-order valence-electron chi connectivity index (χ0n) is 16.2. The van der Waals surface area contributed by atoms with Crippen molar-refractivity contribution >= 4 is 17.6 Å². The third kappa shape index (κ3) is 7.08. The highest BCUT2D eigenvalue weighted by Crippen LogP contribution is 2.22. The molecule has 5 nitrogen and oxygen atoms in total. The molecule has 2 aromatic rings. The van der Waals surface area contributed by atoms with E-state index in [-0.39, 0.29) is 5.41 Å². The van der Waals surface area contributed by atoms with Gasteiger partial charge in [-0.3, -0.25) is 9.67 Å². The number of hydrogen-bond acceptors (Lipinski definition) is 2. The highest BCUT2D eigenvalue weighted by molar-refractivity contribution is 6.30. The molecule has 0 radical (unpaired) electrons. The average molecular weight is 376 g/mol. The first-order chi connectivity index (χ1) is 12.4. The molecule has 0 amide bonds. The average Bonchev–Trinajstić information content (AvgIpc) is 2.99. The molecule has 0 saturated carbocycles. The highest BCUT2D eigenvalue weighted by atomic mass is 35.5. The van der Waals surface area contributed by atoms with Crippen LogP contribution in [0, 0.1) is 5.41 Å². The number of aliphatic imine (C=N–C) groups is 1. The lowest BCUT2D eigenvalue weighted by Gasteiger charge is -2.26. The number of benzene rings is 1. The molecule has 26 heavy (non-hydrogen) atoms. The molecule has 0 bridgehead atoms. The summed E-state index contributed by atoms with van der Waals surface area (Å²) in [5.41, 5.74) is 2.61. The second-order valence-corrected chi connectivity index (χ2v) is 7.89. The van der Waals surface area contributed by atoms with Crippen molar-refractivity contribution in [1.82, 2.24) is 20.4 Å². The van der Waals surface area contributed by atoms with E-state index < -0.39 is 0 Å². The minimum absolute atomic E-state index is 0.0952. The number of halogens is 1. The van der Waals surface area contributed by atoms with Gasteiger partial charge in [0.05, 0.1) is 6.20 Å². The minimum atomic E-state index is 0.0952. The molecule has 6 heteroatoms. The Kier molecular flexibility index (Phi) is 7.51. The molecule has 0 saturated heterocycles. The lowest BCUT2D eigenvalue weighted by molar-refractivity contribution is 0.359. The van der Waals surface area contributed by atoms with Crippen molar-refractivity contribution in [2.24, 2.45) is 17.5 Å². The molecule has 1 aromatic carbocycles. The zero-order chi connectivity index (χ0) is 19.0. The van der Waals surface area contributed by atoms with Crippen LogP contribution in [0.4, 0.5) is 0 Å². The number of guanidine groups is 1. The van der Waals surface area contributed by atoms with Crippen LogP contribution in [-0.2, 0) is 19.9 Å². The van der Waals surface area contributed by atoms with Crippen molar-refractivity contribution in [3.63, 3.8) is 0 Å². The summed E-state index contributed by atoms with van der Waals surface area (Å²) in [6.07, 6.45) is 6.99. The van der Waals surface area contributed by atoms with E-state index in [1.807, 2.05) is 36.1 Å². The molecule has 1 heterocycles. The van der Waals surface area contributed by atoms with Crippen molar-refractivity contribution in [2.45, 2.75) is 33.1 Å². The number of nitrogens with one attached hydrogen (secondary N) is 2. The topological polar surface area (TPSA) is 54.2 Å². The number of rotatable bonds is 8. The van der Waals surface area contributed by atoms with Gasteiger partial charge >= 0.3 is 0 Å². The summed E-state index contributed by atoms with van der Waals surface area (Å²) >= 11 is 6.09. The van der Waals surface area contributed by atoms with Crippen molar-refractivity contribution in [3.05, 3.63) is 52.8 Å². The number of aryl methyl sites for hydroxylation is 2. The third-order valence-electron chi connectivity index (χ3n) is 4.22. The standard InChI is InChI=1S/C20H30ClN5/c1-20(2,12-16-7-5-9-18(21)11-16)15-24-19(22-3)23-10-6-8-17-13-25-26(4)14-17/h5,7,9,11,13-14H,6,8,10,12,15H2,1-4H3,(H2,22,23,24). The van der Waals surface area contributed by atoms with Gasteiger partial charge in [-0.05, 0) is 47.9 Å². The van der Waals surface area contributed by atoms with Gasteiger partial charge in [-0.15, -0.1) is 0 Å². The molecule has 2 rings (SSSR count). The number of hydrogen-bond donors (Lipinski definition) is 2. The van der Waals surface area contributed by atoms with Crippen LogP contribution < -0.4 is 10.6 Å². The van der Waals surface area contributed by atoms with Crippen LogP contribution >= 0.6 is 11.6 Å². The van der Waals surface area contributed by atoms with Gasteiger partial charge in [0, 0.05) is 38.4 Å². The maximum Gasteiger partial charge on any atom is 0.190 e. The summed E-state index contributed by atoms with van der Waals surface area (Å²) in [5, 5.41) is 11.8. The lowest BCUT2D eigenvalue weighted by Crippen LogP contribution is -2.43. The fraction of sp³-hybridized carbons (Fsp3) is 0.500. The molecule has 0 aliphatic rings. The van der Waals surface area contributed by atoms with Crippen LogP contribution in [0.15, 0.2) is 41.7 Å². The fourth-order valence-corrected chi connectivity index (χ4v) is 3.12. The van der Waals surface area contributed by atoms with Crippen molar-refractivity contribution in [1.29, 1.82) is 0 Å². The maximum absolute atomic E-state index is 6.09. The third-order valence-corrected chi connectivity index (χ3v) is 4.46. The SMILES string of the molecule is CN=C(NCCCc1cnn(C)c1)NCC(C)(C)Cc1cccc(Cl)c1. The fourth-order valence-electron chi connectivity index (χ4n) is 2.91. The Bertz CT molecular complexity index is 720. The second-order valence-electron chi connectivity index (χ2n) is 7.45. The Morgan fingerprint density at radius 1 is 1.27 bits per heavy atom. The molecule has 0 spiro atoms. The quantitative estimate of drug-likeness (QED) is 0.422. The Hall–Kier alpha value is -2.01. The van der Waals surface area contributed by atoms with Crippen LogP contribution in [0.1, 0.15) is 31.4 Å². The predicted octanol–water partition coefficient (Wildman–Crippen LogP) is 3.44. The normalized spacial score (nSPS) is 12.3. The van der Waals surface area contributed by atoms with Crippen molar-refractivity contribution < 1.29 is 0 Å². The van der Waals surface area contributed by atoms with Crippen molar-refractivity contribution in [2.75, 3.05) is 20.1 Å². The molecular formula is C20H30ClN5. The summed E-state index contributed by atoms with van der Waals surface area (Å²) < 4.78 is 1.84. The van der Waals surface area contributed by atoms with Gasteiger partial charge in [0.1, 0.15) is 0 Å². The zero-order valence-corrected chi connectivity index (χ0v) is 17.0.